The van der Waals surface area contributed by atoms with E-state index < -0.39 is 0 Å². The van der Waals surface area contributed by atoms with Crippen molar-refractivity contribution in [2.24, 2.45) is 4.99 Å². The number of guanidine groups is 1. The molecule has 3 aromatic carbocycles. The molecule has 1 aliphatic rings. The number of anilines is 1. The third kappa shape index (κ3) is 6.79. The number of nitriles is 1. The lowest BCUT2D eigenvalue weighted by molar-refractivity contribution is 0.135. The van der Waals surface area contributed by atoms with Gasteiger partial charge in [-0.25, -0.2) is 9.79 Å². The minimum Gasteiger partial charge on any atom is -0.338 e. The van der Waals surface area contributed by atoms with E-state index in [1.54, 1.807) is 24.3 Å². The Labute approximate surface area is 222 Å². The molecule has 9 heteroatoms. The molecule has 0 spiro atoms. The summed E-state index contributed by atoms with van der Waals surface area (Å²) in [5.74, 6) is 0.465. The first-order chi connectivity index (χ1) is 17.9. The van der Waals surface area contributed by atoms with Crippen LogP contribution in [0.3, 0.4) is 0 Å². The largest absolute Gasteiger partial charge is 0.338 e. The van der Waals surface area contributed by atoms with E-state index in [9.17, 15) is 10.1 Å². The van der Waals surface area contributed by atoms with Crippen molar-refractivity contribution in [1.29, 1.82) is 5.26 Å². The van der Waals surface area contributed by atoms with Gasteiger partial charge in [0.15, 0.2) is 6.19 Å². The zero-order valence-electron chi connectivity index (χ0n) is 20.9. The maximum absolute atomic E-state index is 13.3. The zero-order chi connectivity index (χ0) is 26.2. The van der Waals surface area contributed by atoms with E-state index in [0.29, 0.717) is 36.3 Å². The van der Waals surface area contributed by atoms with E-state index in [4.69, 9.17) is 16.6 Å². The number of benzene rings is 3. The lowest BCUT2D eigenvalue weighted by atomic mass is 10.0. The predicted molar refractivity (Wildman–Crippen MR) is 148 cm³/mol. The molecule has 0 saturated carbocycles. The van der Waals surface area contributed by atoms with Crippen LogP contribution in [0.15, 0.2) is 83.9 Å². The van der Waals surface area contributed by atoms with Crippen LogP contribution in [0.4, 0.5) is 16.2 Å². The summed E-state index contributed by atoms with van der Waals surface area (Å²) in [5, 5.41) is 15.9. The smallest absolute Gasteiger partial charge is 0.322 e. The van der Waals surface area contributed by atoms with Crippen LogP contribution in [0, 0.1) is 11.5 Å². The van der Waals surface area contributed by atoms with E-state index in [0.717, 1.165) is 23.4 Å². The summed E-state index contributed by atoms with van der Waals surface area (Å²) in [5.41, 5.74) is 3.54. The van der Waals surface area contributed by atoms with E-state index in [1.165, 1.54) is 0 Å². The molecule has 1 saturated heterocycles. The number of aliphatic imine (C=N–C) groups is 1. The Morgan fingerprint density at radius 3 is 2.46 bits per heavy atom. The van der Waals surface area contributed by atoms with Crippen molar-refractivity contribution in [3.8, 4) is 6.19 Å². The van der Waals surface area contributed by atoms with Crippen LogP contribution in [0.5, 0.6) is 0 Å². The molecule has 0 radical (unpaired) electrons. The van der Waals surface area contributed by atoms with Gasteiger partial charge in [0, 0.05) is 36.9 Å². The van der Waals surface area contributed by atoms with Gasteiger partial charge in [-0.05, 0) is 55.6 Å². The highest BCUT2D eigenvalue weighted by Crippen LogP contribution is 2.28. The number of para-hydroxylation sites is 1. The quantitative estimate of drug-likeness (QED) is 0.215. The summed E-state index contributed by atoms with van der Waals surface area (Å²) < 4.78 is 0. The molecule has 4 rings (SSSR count). The first-order valence-corrected chi connectivity index (χ1v) is 12.4. The summed E-state index contributed by atoms with van der Waals surface area (Å²) in [7, 11) is 4.02. The third-order valence-corrected chi connectivity index (χ3v) is 6.34. The van der Waals surface area contributed by atoms with Crippen molar-refractivity contribution in [3.63, 3.8) is 0 Å². The normalized spacial score (nSPS) is 15.9. The summed E-state index contributed by atoms with van der Waals surface area (Å²) in [4.78, 5) is 24.1. The fourth-order valence-corrected chi connectivity index (χ4v) is 4.47. The zero-order valence-corrected chi connectivity index (χ0v) is 21.7. The molecule has 190 valence electrons. The molecule has 2 amide bonds. The molecule has 2 N–H and O–H groups in total. The monoisotopic (exact) mass is 515 g/mol. The van der Waals surface area contributed by atoms with Crippen LogP contribution >= 0.6 is 11.6 Å². The number of rotatable bonds is 5. The molecule has 1 heterocycles. The van der Waals surface area contributed by atoms with Gasteiger partial charge in [0.1, 0.15) is 0 Å². The van der Waals surface area contributed by atoms with Crippen LogP contribution in [-0.4, -0.2) is 60.4 Å². The van der Waals surface area contributed by atoms with Gasteiger partial charge < -0.3 is 20.0 Å². The lowest BCUT2D eigenvalue weighted by Gasteiger charge is -2.42. The number of urea groups is 1. The number of halogens is 1. The van der Waals surface area contributed by atoms with Gasteiger partial charge in [-0.3, -0.25) is 5.32 Å². The van der Waals surface area contributed by atoms with Crippen LogP contribution < -0.4 is 10.6 Å². The molecule has 0 aliphatic carbocycles. The number of amides is 2. The Balaban J connectivity index is 1.61. The fraction of sp³-hybridized carbons (Fsp3) is 0.250. The number of hydrogen-bond donors (Lipinski definition) is 2. The number of hydrogen-bond acceptors (Lipinski definition) is 4. The molecular weight excluding hydrogens is 486 g/mol. The van der Waals surface area contributed by atoms with E-state index in [2.05, 4.69) is 15.5 Å². The highest BCUT2D eigenvalue weighted by atomic mass is 35.5. The SMILES string of the molecule is CN(C)Cc1ccccc1N=C(NC#N)N1CCN(C(=O)Nc2ccc(Cl)cc2)C(c2ccccc2)C1. The Kier molecular flexibility index (Phi) is 8.62. The summed E-state index contributed by atoms with van der Waals surface area (Å²) >= 11 is 5.99. The van der Waals surface area contributed by atoms with Crippen LogP contribution in [-0.2, 0) is 6.54 Å². The van der Waals surface area contributed by atoms with Gasteiger partial charge in [0.2, 0.25) is 5.96 Å². The van der Waals surface area contributed by atoms with Crippen LogP contribution in [0.25, 0.3) is 0 Å². The van der Waals surface area contributed by atoms with Gasteiger partial charge in [-0.15, -0.1) is 0 Å². The average molecular weight is 516 g/mol. The molecule has 1 atom stereocenters. The van der Waals surface area contributed by atoms with Crippen molar-refractivity contribution in [2.45, 2.75) is 12.6 Å². The van der Waals surface area contributed by atoms with Gasteiger partial charge >= 0.3 is 6.03 Å². The Morgan fingerprint density at radius 1 is 1.05 bits per heavy atom. The second-order valence-corrected chi connectivity index (χ2v) is 9.48. The van der Waals surface area contributed by atoms with Gasteiger partial charge in [0.25, 0.3) is 0 Å². The predicted octanol–water partition coefficient (Wildman–Crippen LogP) is 5.05. The second kappa shape index (κ2) is 12.3. The van der Waals surface area contributed by atoms with Crippen LogP contribution in [0.2, 0.25) is 5.02 Å². The number of piperazine rings is 1. The fourth-order valence-electron chi connectivity index (χ4n) is 4.34. The maximum Gasteiger partial charge on any atom is 0.322 e. The minimum absolute atomic E-state index is 0.195. The molecule has 1 aliphatic heterocycles. The molecular formula is C28H30ClN7O. The van der Waals surface area contributed by atoms with Crippen molar-refractivity contribution in [1.82, 2.24) is 20.0 Å². The van der Waals surface area contributed by atoms with Crippen LogP contribution in [0.1, 0.15) is 17.2 Å². The maximum atomic E-state index is 13.3. The molecule has 1 unspecified atom stereocenters. The lowest BCUT2D eigenvalue weighted by Crippen LogP contribution is -2.55. The summed E-state index contributed by atoms with van der Waals surface area (Å²) in [6.07, 6.45) is 2.03. The number of carbonyl (C=O) groups is 1. The van der Waals surface area contributed by atoms with Gasteiger partial charge in [-0.1, -0.05) is 60.1 Å². The minimum atomic E-state index is -0.245. The molecule has 8 nitrogen and oxygen atoms in total. The standard InChI is InChI=1S/C28H30ClN7O/c1-34(2)18-22-10-6-7-11-25(22)33-27(31-20-30)35-16-17-36(26(19-35)21-8-4-3-5-9-21)28(37)32-24-14-12-23(29)13-15-24/h3-15,26H,16-19H2,1-2H3,(H,31,33)(H,32,37). The van der Waals surface area contributed by atoms with E-state index in [1.807, 2.05) is 84.7 Å². The van der Waals surface area contributed by atoms with E-state index in [-0.39, 0.29) is 12.1 Å². The number of carbonyl (C=O) groups excluding carboxylic acids is 1. The van der Waals surface area contributed by atoms with Crippen molar-refractivity contribution in [2.75, 3.05) is 39.0 Å². The Hall–Kier alpha value is -4.06. The van der Waals surface area contributed by atoms with Crippen molar-refractivity contribution >= 4 is 35.0 Å². The molecule has 3 aromatic rings. The second-order valence-electron chi connectivity index (χ2n) is 9.04. The van der Waals surface area contributed by atoms with Gasteiger partial charge in [0.05, 0.1) is 11.7 Å². The topological polar surface area (TPSA) is 87.0 Å². The Morgan fingerprint density at radius 2 is 1.76 bits per heavy atom. The molecule has 37 heavy (non-hydrogen) atoms. The average Bonchev–Trinajstić information content (AvgIpc) is 2.90. The molecule has 1 fully saturated rings. The van der Waals surface area contributed by atoms with Crippen molar-refractivity contribution < 1.29 is 4.79 Å². The highest BCUT2D eigenvalue weighted by Gasteiger charge is 2.33. The third-order valence-electron chi connectivity index (χ3n) is 6.09. The number of nitrogens with one attached hydrogen (secondary N) is 2. The number of nitrogens with zero attached hydrogens (tertiary/aromatic N) is 5. The highest BCUT2D eigenvalue weighted by molar-refractivity contribution is 6.30. The first-order valence-electron chi connectivity index (χ1n) is 12.0. The van der Waals surface area contributed by atoms with E-state index >= 15 is 0 Å². The first kappa shape index (κ1) is 26.0. The molecule has 0 bridgehead atoms. The summed E-state index contributed by atoms with van der Waals surface area (Å²) in [6, 6.07) is 24.4. The summed E-state index contributed by atoms with van der Waals surface area (Å²) in [6.45, 7) is 2.16. The van der Waals surface area contributed by atoms with Crippen molar-refractivity contribution in [3.05, 3.63) is 95.0 Å². The van der Waals surface area contributed by atoms with Gasteiger partial charge in [-0.2, -0.15) is 5.26 Å². The Bertz CT molecular complexity index is 1270. The molecule has 0 aromatic heterocycles.